The molecular weight excluding hydrogens is 309 g/mol. The van der Waals surface area contributed by atoms with E-state index in [2.05, 4.69) is 5.32 Å². The Bertz CT molecular complexity index is 617. The maximum atomic E-state index is 12.0. The van der Waals surface area contributed by atoms with Crippen LogP contribution in [0, 0.1) is 0 Å². The van der Waals surface area contributed by atoms with Crippen molar-refractivity contribution in [3.05, 3.63) is 69.7 Å². The summed E-state index contributed by atoms with van der Waals surface area (Å²) in [6, 6.07) is 14.1. The third kappa shape index (κ3) is 4.21. The first-order chi connectivity index (χ1) is 10.1. The van der Waals surface area contributed by atoms with Crippen molar-refractivity contribution in [2.45, 2.75) is 12.6 Å². The highest BCUT2D eigenvalue weighted by Gasteiger charge is 2.23. The highest BCUT2D eigenvalue weighted by molar-refractivity contribution is 6.33. The minimum Gasteiger partial charge on any atom is -0.468 e. The van der Waals surface area contributed by atoms with Crippen molar-refractivity contribution in [1.82, 2.24) is 5.32 Å². The summed E-state index contributed by atoms with van der Waals surface area (Å²) in [5.74, 6) is -0.407. The zero-order chi connectivity index (χ0) is 15.2. The Labute approximate surface area is 133 Å². The Morgan fingerprint density at radius 3 is 2.57 bits per heavy atom. The Hall–Kier alpha value is -1.55. The van der Waals surface area contributed by atoms with Crippen LogP contribution in [0.15, 0.2) is 48.5 Å². The minimum atomic E-state index is -0.665. The van der Waals surface area contributed by atoms with Gasteiger partial charge in [0.05, 0.1) is 7.11 Å². The fourth-order valence-corrected chi connectivity index (χ4v) is 2.40. The van der Waals surface area contributed by atoms with Crippen molar-refractivity contribution in [3.8, 4) is 0 Å². The zero-order valence-corrected chi connectivity index (χ0v) is 13.0. The second kappa shape index (κ2) is 7.46. The van der Waals surface area contributed by atoms with Crippen LogP contribution in [0.5, 0.6) is 0 Å². The van der Waals surface area contributed by atoms with Crippen LogP contribution >= 0.6 is 23.2 Å². The molecule has 5 heteroatoms. The van der Waals surface area contributed by atoms with Crippen molar-refractivity contribution in [2.24, 2.45) is 0 Å². The third-order valence-electron chi connectivity index (χ3n) is 3.06. The van der Waals surface area contributed by atoms with E-state index in [1.54, 1.807) is 18.2 Å². The second-order valence-corrected chi connectivity index (χ2v) is 5.33. The number of carbonyl (C=O) groups excluding carboxylic acids is 1. The van der Waals surface area contributed by atoms with E-state index >= 15 is 0 Å². The lowest BCUT2D eigenvalue weighted by molar-refractivity contribution is -0.143. The number of methoxy groups -OCH3 is 1. The lowest BCUT2D eigenvalue weighted by Crippen LogP contribution is -2.29. The molecule has 1 unspecified atom stereocenters. The summed E-state index contributed by atoms with van der Waals surface area (Å²) in [4.78, 5) is 12.0. The van der Waals surface area contributed by atoms with Crippen LogP contribution in [0.2, 0.25) is 10.0 Å². The molecule has 0 radical (unpaired) electrons. The highest BCUT2D eigenvalue weighted by atomic mass is 35.5. The predicted octanol–water partition coefficient (Wildman–Crippen LogP) is 4.00. The molecule has 2 aromatic carbocycles. The standard InChI is InChI=1S/C16H15Cl2NO2/c1-21-16(20)15(13-9-12(17)7-8-14(13)18)19-10-11-5-3-2-4-6-11/h2-9,15,19H,10H2,1H3. The zero-order valence-electron chi connectivity index (χ0n) is 11.5. The Balaban J connectivity index is 2.22. The molecule has 2 rings (SSSR count). The molecular formula is C16H15Cl2NO2. The molecule has 0 aliphatic carbocycles. The largest absolute Gasteiger partial charge is 0.468 e. The van der Waals surface area contributed by atoms with Crippen molar-refractivity contribution in [3.63, 3.8) is 0 Å². The SMILES string of the molecule is COC(=O)C(NCc1ccccc1)c1cc(Cl)ccc1Cl. The summed E-state index contributed by atoms with van der Waals surface area (Å²) in [5, 5.41) is 4.14. The topological polar surface area (TPSA) is 38.3 Å². The normalized spacial score (nSPS) is 12.0. The fraction of sp³-hybridized carbons (Fsp3) is 0.188. The number of hydrogen-bond donors (Lipinski definition) is 1. The van der Waals surface area contributed by atoms with Gasteiger partial charge in [0.1, 0.15) is 6.04 Å². The van der Waals surface area contributed by atoms with Crippen molar-refractivity contribution in [1.29, 1.82) is 0 Å². The molecule has 1 atom stereocenters. The molecule has 3 nitrogen and oxygen atoms in total. The van der Waals surface area contributed by atoms with E-state index in [9.17, 15) is 4.79 Å². The summed E-state index contributed by atoms with van der Waals surface area (Å²) < 4.78 is 4.85. The quantitative estimate of drug-likeness (QED) is 0.845. The number of benzene rings is 2. The average molecular weight is 324 g/mol. The number of nitrogens with one attached hydrogen (secondary N) is 1. The molecule has 0 heterocycles. The molecule has 0 saturated carbocycles. The predicted molar refractivity (Wildman–Crippen MR) is 84.5 cm³/mol. The maximum Gasteiger partial charge on any atom is 0.327 e. The van der Waals surface area contributed by atoms with E-state index in [4.69, 9.17) is 27.9 Å². The van der Waals surface area contributed by atoms with Crippen LogP contribution in [0.3, 0.4) is 0 Å². The highest BCUT2D eigenvalue weighted by Crippen LogP contribution is 2.27. The first-order valence-electron chi connectivity index (χ1n) is 6.42. The van der Waals surface area contributed by atoms with Crippen LogP contribution in [-0.2, 0) is 16.1 Å². The number of halogens is 2. The van der Waals surface area contributed by atoms with E-state index in [1.807, 2.05) is 30.3 Å². The van der Waals surface area contributed by atoms with Crippen LogP contribution in [0.1, 0.15) is 17.2 Å². The van der Waals surface area contributed by atoms with Crippen LogP contribution in [-0.4, -0.2) is 13.1 Å². The van der Waals surface area contributed by atoms with Crippen molar-refractivity contribution >= 4 is 29.2 Å². The van der Waals surface area contributed by atoms with Crippen LogP contribution in [0.25, 0.3) is 0 Å². The molecule has 1 N–H and O–H groups in total. The molecule has 110 valence electrons. The summed E-state index contributed by atoms with van der Waals surface area (Å²) >= 11 is 12.2. The first-order valence-corrected chi connectivity index (χ1v) is 7.17. The lowest BCUT2D eigenvalue weighted by atomic mass is 10.1. The van der Waals surface area contributed by atoms with Gasteiger partial charge >= 0.3 is 5.97 Å². The van der Waals surface area contributed by atoms with Crippen LogP contribution in [0.4, 0.5) is 0 Å². The Kier molecular flexibility index (Phi) is 5.62. The summed E-state index contributed by atoms with van der Waals surface area (Å²) in [6.07, 6.45) is 0. The molecule has 0 spiro atoms. The first kappa shape index (κ1) is 15.8. The van der Waals surface area contributed by atoms with Gasteiger partial charge in [0.15, 0.2) is 0 Å². The Morgan fingerprint density at radius 1 is 1.19 bits per heavy atom. The average Bonchev–Trinajstić information content (AvgIpc) is 2.51. The van der Waals surface area contributed by atoms with Gasteiger partial charge in [-0.05, 0) is 23.8 Å². The molecule has 0 aliphatic heterocycles. The summed E-state index contributed by atoms with van der Waals surface area (Å²) in [7, 11) is 1.35. The molecule has 0 aliphatic rings. The molecule has 0 bridgehead atoms. The van der Waals surface area contributed by atoms with E-state index < -0.39 is 12.0 Å². The molecule has 0 amide bonds. The second-order valence-electron chi connectivity index (χ2n) is 4.49. The number of carbonyl (C=O) groups is 1. The summed E-state index contributed by atoms with van der Waals surface area (Å²) in [5.41, 5.74) is 1.66. The van der Waals surface area contributed by atoms with Gasteiger partial charge in [-0.15, -0.1) is 0 Å². The maximum absolute atomic E-state index is 12.0. The number of esters is 1. The smallest absolute Gasteiger partial charge is 0.327 e. The molecule has 0 fully saturated rings. The van der Waals surface area contributed by atoms with Gasteiger partial charge in [-0.3, -0.25) is 5.32 Å². The minimum absolute atomic E-state index is 0.407. The third-order valence-corrected chi connectivity index (χ3v) is 3.64. The van der Waals surface area contributed by atoms with Crippen LogP contribution < -0.4 is 5.32 Å². The van der Waals surface area contributed by atoms with Gasteiger partial charge in [-0.2, -0.15) is 0 Å². The van der Waals surface area contributed by atoms with Crippen molar-refractivity contribution < 1.29 is 9.53 Å². The molecule has 21 heavy (non-hydrogen) atoms. The number of ether oxygens (including phenoxy) is 1. The van der Waals surface area contributed by atoms with Crippen molar-refractivity contribution in [2.75, 3.05) is 7.11 Å². The molecule has 0 aromatic heterocycles. The van der Waals surface area contributed by atoms with E-state index in [-0.39, 0.29) is 0 Å². The van der Waals surface area contributed by atoms with E-state index in [0.29, 0.717) is 22.2 Å². The van der Waals surface area contributed by atoms with Gasteiger partial charge in [0.25, 0.3) is 0 Å². The van der Waals surface area contributed by atoms with Gasteiger partial charge in [0.2, 0.25) is 0 Å². The number of hydrogen-bond acceptors (Lipinski definition) is 3. The molecule has 0 saturated heterocycles. The van der Waals surface area contributed by atoms with E-state index in [1.165, 1.54) is 7.11 Å². The molecule has 2 aromatic rings. The monoisotopic (exact) mass is 323 g/mol. The van der Waals surface area contributed by atoms with E-state index in [0.717, 1.165) is 5.56 Å². The van der Waals surface area contributed by atoms with Gasteiger partial charge in [-0.25, -0.2) is 4.79 Å². The Morgan fingerprint density at radius 2 is 1.90 bits per heavy atom. The van der Waals surface area contributed by atoms with Gasteiger partial charge in [-0.1, -0.05) is 53.5 Å². The van der Waals surface area contributed by atoms with Gasteiger partial charge < -0.3 is 4.74 Å². The lowest BCUT2D eigenvalue weighted by Gasteiger charge is -2.18. The number of rotatable bonds is 5. The fourth-order valence-electron chi connectivity index (χ4n) is 1.99. The summed E-state index contributed by atoms with van der Waals surface area (Å²) in [6.45, 7) is 0.517. The van der Waals surface area contributed by atoms with Gasteiger partial charge in [0, 0.05) is 22.2 Å².